The minimum atomic E-state index is -3.64. The average Bonchev–Trinajstić information content (AvgIpc) is 2.91. The van der Waals surface area contributed by atoms with Crippen LogP contribution < -0.4 is 15.4 Å². The molecule has 2 heterocycles. The van der Waals surface area contributed by atoms with Gasteiger partial charge in [-0.05, 0) is 43.0 Å². The lowest BCUT2D eigenvalue weighted by Gasteiger charge is -2.21. The lowest BCUT2D eigenvalue weighted by atomic mass is 10.1. The normalized spacial score (nSPS) is 15.5. The summed E-state index contributed by atoms with van der Waals surface area (Å²) in [7, 11) is -3.64. The summed E-state index contributed by atoms with van der Waals surface area (Å²) in [6.07, 6.45) is 7.52. The lowest BCUT2D eigenvalue weighted by molar-refractivity contribution is 0.598. The van der Waals surface area contributed by atoms with Crippen molar-refractivity contribution in [3.05, 3.63) is 42.1 Å². The van der Waals surface area contributed by atoms with Gasteiger partial charge in [-0.3, -0.25) is 0 Å². The zero-order chi connectivity index (χ0) is 18.4. The first kappa shape index (κ1) is 18.6. The Labute approximate surface area is 154 Å². The SMILES string of the molecule is NS(=O)(=O)c1ccc(CCNc2nccc(N3CCCCCC3)n2)cc1. The second-order valence-corrected chi connectivity index (χ2v) is 8.07. The van der Waals surface area contributed by atoms with Gasteiger partial charge in [0.2, 0.25) is 16.0 Å². The van der Waals surface area contributed by atoms with Gasteiger partial charge >= 0.3 is 0 Å². The number of hydrogen-bond acceptors (Lipinski definition) is 6. The van der Waals surface area contributed by atoms with Crippen LogP contribution in [-0.4, -0.2) is 38.0 Å². The van der Waals surface area contributed by atoms with E-state index in [-0.39, 0.29) is 4.90 Å². The average molecular weight is 375 g/mol. The number of aromatic nitrogens is 2. The summed E-state index contributed by atoms with van der Waals surface area (Å²) in [5.74, 6) is 1.59. The van der Waals surface area contributed by atoms with E-state index in [9.17, 15) is 8.42 Å². The van der Waals surface area contributed by atoms with Crippen molar-refractivity contribution in [1.82, 2.24) is 9.97 Å². The van der Waals surface area contributed by atoms with E-state index >= 15 is 0 Å². The van der Waals surface area contributed by atoms with Crippen molar-refractivity contribution < 1.29 is 8.42 Å². The Bertz CT molecular complexity index is 816. The smallest absolute Gasteiger partial charge is 0.238 e. The number of nitrogens with one attached hydrogen (secondary N) is 1. The zero-order valence-electron chi connectivity index (χ0n) is 14.8. The van der Waals surface area contributed by atoms with Crippen molar-refractivity contribution >= 4 is 21.8 Å². The molecule has 2 aromatic rings. The second kappa shape index (κ2) is 8.46. The van der Waals surface area contributed by atoms with E-state index < -0.39 is 10.0 Å². The van der Waals surface area contributed by atoms with E-state index in [1.54, 1.807) is 18.3 Å². The van der Waals surface area contributed by atoms with Crippen molar-refractivity contribution in [3.63, 3.8) is 0 Å². The van der Waals surface area contributed by atoms with Gasteiger partial charge in [0.15, 0.2) is 0 Å². The highest BCUT2D eigenvalue weighted by molar-refractivity contribution is 7.89. The van der Waals surface area contributed by atoms with E-state index in [0.717, 1.165) is 30.9 Å². The van der Waals surface area contributed by atoms with Crippen LogP contribution in [0.25, 0.3) is 0 Å². The van der Waals surface area contributed by atoms with E-state index in [4.69, 9.17) is 5.14 Å². The molecule has 0 radical (unpaired) electrons. The molecule has 0 saturated carbocycles. The number of benzene rings is 1. The molecule has 0 amide bonds. The van der Waals surface area contributed by atoms with Crippen LogP contribution in [0.2, 0.25) is 0 Å². The van der Waals surface area contributed by atoms with Gasteiger partial charge in [-0.2, -0.15) is 4.98 Å². The molecule has 140 valence electrons. The Morgan fingerprint density at radius 3 is 2.38 bits per heavy atom. The largest absolute Gasteiger partial charge is 0.356 e. The predicted molar refractivity (Wildman–Crippen MR) is 103 cm³/mol. The van der Waals surface area contributed by atoms with Gasteiger partial charge in [0.05, 0.1) is 4.90 Å². The van der Waals surface area contributed by atoms with Crippen LogP contribution in [0.3, 0.4) is 0 Å². The molecule has 0 bridgehead atoms. The van der Waals surface area contributed by atoms with E-state index in [0.29, 0.717) is 12.5 Å². The summed E-state index contributed by atoms with van der Waals surface area (Å²) in [5, 5.41) is 8.35. The van der Waals surface area contributed by atoms with Crippen LogP contribution in [-0.2, 0) is 16.4 Å². The number of sulfonamides is 1. The van der Waals surface area contributed by atoms with Crippen LogP contribution in [0.4, 0.5) is 11.8 Å². The Hall–Kier alpha value is -2.19. The fourth-order valence-electron chi connectivity index (χ4n) is 3.07. The molecule has 26 heavy (non-hydrogen) atoms. The Morgan fingerprint density at radius 1 is 1.04 bits per heavy atom. The third-order valence-corrected chi connectivity index (χ3v) is 5.45. The van der Waals surface area contributed by atoms with Crippen LogP contribution in [0, 0.1) is 0 Å². The summed E-state index contributed by atoms with van der Waals surface area (Å²) in [6.45, 7) is 2.76. The highest BCUT2D eigenvalue weighted by Crippen LogP contribution is 2.18. The van der Waals surface area contributed by atoms with Gasteiger partial charge in [-0.1, -0.05) is 25.0 Å². The summed E-state index contributed by atoms with van der Waals surface area (Å²) < 4.78 is 22.5. The first-order valence-electron chi connectivity index (χ1n) is 8.96. The second-order valence-electron chi connectivity index (χ2n) is 6.51. The Morgan fingerprint density at radius 2 is 1.73 bits per heavy atom. The van der Waals surface area contributed by atoms with E-state index in [1.807, 2.05) is 6.07 Å². The molecule has 1 fully saturated rings. The maximum atomic E-state index is 11.3. The fourth-order valence-corrected chi connectivity index (χ4v) is 3.59. The molecule has 0 unspecified atom stereocenters. The number of nitrogens with two attached hydrogens (primary N) is 1. The first-order valence-corrected chi connectivity index (χ1v) is 10.5. The molecule has 1 aliphatic rings. The maximum absolute atomic E-state index is 11.3. The number of anilines is 2. The quantitative estimate of drug-likeness (QED) is 0.802. The minimum Gasteiger partial charge on any atom is -0.356 e. The van der Waals surface area contributed by atoms with Crippen molar-refractivity contribution in [1.29, 1.82) is 0 Å². The standard InChI is InChI=1S/C18H25N5O2S/c19-26(24,25)16-7-5-15(6-8-16)9-11-20-18-21-12-10-17(22-18)23-13-3-1-2-4-14-23/h5-8,10,12H,1-4,9,11,13-14H2,(H2,19,24,25)(H,20,21,22). The highest BCUT2D eigenvalue weighted by Gasteiger charge is 2.12. The topological polar surface area (TPSA) is 101 Å². The summed E-state index contributed by atoms with van der Waals surface area (Å²) >= 11 is 0. The Kier molecular flexibility index (Phi) is 6.05. The predicted octanol–water partition coefficient (Wildman–Crippen LogP) is 2.16. The third kappa shape index (κ3) is 5.15. The van der Waals surface area contributed by atoms with Gasteiger partial charge in [-0.15, -0.1) is 0 Å². The lowest BCUT2D eigenvalue weighted by Crippen LogP contribution is -2.25. The van der Waals surface area contributed by atoms with Gasteiger partial charge < -0.3 is 10.2 Å². The molecule has 1 aliphatic heterocycles. The maximum Gasteiger partial charge on any atom is 0.238 e. The van der Waals surface area contributed by atoms with E-state index in [2.05, 4.69) is 20.2 Å². The molecule has 1 aromatic carbocycles. The summed E-state index contributed by atoms with van der Waals surface area (Å²) in [5.41, 5.74) is 1.02. The zero-order valence-corrected chi connectivity index (χ0v) is 15.6. The van der Waals surface area contributed by atoms with Crippen LogP contribution in [0.1, 0.15) is 31.2 Å². The van der Waals surface area contributed by atoms with Crippen LogP contribution in [0.5, 0.6) is 0 Å². The van der Waals surface area contributed by atoms with Gasteiger partial charge in [0, 0.05) is 25.8 Å². The fraction of sp³-hybridized carbons (Fsp3) is 0.444. The monoisotopic (exact) mass is 375 g/mol. The summed E-state index contributed by atoms with van der Waals surface area (Å²) in [6, 6.07) is 8.57. The number of hydrogen-bond donors (Lipinski definition) is 2. The highest BCUT2D eigenvalue weighted by atomic mass is 32.2. The van der Waals surface area contributed by atoms with Crippen molar-refractivity contribution in [2.75, 3.05) is 29.9 Å². The van der Waals surface area contributed by atoms with Gasteiger partial charge in [0.25, 0.3) is 0 Å². The van der Waals surface area contributed by atoms with Gasteiger partial charge in [-0.25, -0.2) is 18.5 Å². The van der Waals surface area contributed by atoms with Crippen LogP contribution >= 0.6 is 0 Å². The molecule has 1 saturated heterocycles. The molecule has 0 aliphatic carbocycles. The summed E-state index contributed by atoms with van der Waals surface area (Å²) in [4.78, 5) is 11.4. The van der Waals surface area contributed by atoms with Crippen LogP contribution in [0.15, 0.2) is 41.4 Å². The molecule has 3 N–H and O–H groups in total. The molecule has 7 nitrogen and oxygen atoms in total. The Balaban J connectivity index is 1.55. The van der Waals surface area contributed by atoms with Gasteiger partial charge in [0.1, 0.15) is 5.82 Å². The molecule has 8 heteroatoms. The number of primary sulfonamides is 1. The minimum absolute atomic E-state index is 0.127. The first-order chi connectivity index (χ1) is 12.5. The molecular weight excluding hydrogens is 350 g/mol. The molecule has 3 rings (SSSR count). The third-order valence-electron chi connectivity index (χ3n) is 4.52. The molecule has 0 atom stereocenters. The van der Waals surface area contributed by atoms with Crippen molar-refractivity contribution in [3.8, 4) is 0 Å². The van der Waals surface area contributed by atoms with Crippen molar-refractivity contribution in [2.24, 2.45) is 5.14 Å². The molecule has 0 spiro atoms. The molecule has 1 aromatic heterocycles. The van der Waals surface area contributed by atoms with E-state index in [1.165, 1.54) is 37.8 Å². The van der Waals surface area contributed by atoms with Crippen molar-refractivity contribution in [2.45, 2.75) is 37.0 Å². The number of nitrogens with zero attached hydrogens (tertiary/aromatic N) is 3. The number of rotatable bonds is 6. The molecular formula is C18H25N5O2S.